The molecule has 0 radical (unpaired) electrons. The molecule has 0 aliphatic heterocycles. The van der Waals surface area contributed by atoms with Crippen LogP contribution in [0.5, 0.6) is 0 Å². The van der Waals surface area contributed by atoms with Gasteiger partial charge in [-0.3, -0.25) is 19.6 Å². The Morgan fingerprint density at radius 1 is 1.38 bits per heavy atom. The predicted molar refractivity (Wildman–Crippen MR) is 92.7 cm³/mol. The molecule has 0 aliphatic carbocycles. The quantitative estimate of drug-likeness (QED) is 0.409. The van der Waals surface area contributed by atoms with Gasteiger partial charge in [0.05, 0.1) is 11.5 Å². The molecule has 0 aromatic carbocycles. The fraction of sp³-hybridized carbons (Fsp3) is 0.625. The van der Waals surface area contributed by atoms with Crippen LogP contribution in [-0.2, 0) is 17.8 Å². The van der Waals surface area contributed by atoms with Gasteiger partial charge in [0.25, 0.3) is 0 Å². The van der Waals surface area contributed by atoms with Crippen molar-refractivity contribution in [2.45, 2.75) is 59.4 Å². The first-order valence-electron chi connectivity index (χ1n) is 8.57. The molecule has 2 aromatic rings. The molecule has 2 heterocycles. The lowest BCUT2D eigenvalue weighted by molar-refractivity contribution is -0.386. The van der Waals surface area contributed by atoms with E-state index in [0.717, 1.165) is 0 Å². The van der Waals surface area contributed by atoms with Crippen molar-refractivity contribution in [2.75, 3.05) is 6.54 Å². The van der Waals surface area contributed by atoms with Gasteiger partial charge in [-0.05, 0) is 20.3 Å². The second kappa shape index (κ2) is 8.54. The summed E-state index contributed by atoms with van der Waals surface area (Å²) in [4.78, 5) is 26.7. The number of carbonyl (C=O) groups excluding carboxylic acids is 1. The molecule has 2 aromatic heterocycles. The molecule has 0 saturated heterocycles. The van der Waals surface area contributed by atoms with Crippen LogP contribution in [0.3, 0.4) is 0 Å². The van der Waals surface area contributed by atoms with E-state index in [1.165, 1.54) is 4.68 Å². The van der Waals surface area contributed by atoms with Gasteiger partial charge in [-0.25, -0.2) is 0 Å². The maximum Gasteiger partial charge on any atom is 0.312 e. The number of aryl methyl sites for hydroxylation is 3. The molecule has 0 aliphatic rings. The molecule has 0 spiro atoms. The average molecular weight is 364 g/mol. The summed E-state index contributed by atoms with van der Waals surface area (Å²) in [6.45, 7) is 8.00. The van der Waals surface area contributed by atoms with Gasteiger partial charge < -0.3 is 9.84 Å². The number of aromatic nitrogens is 4. The van der Waals surface area contributed by atoms with Crippen molar-refractivity contribution in [3.05, 3.63) is 33.2 Å². The van der Waals surface area contributed by atoms with Crippen molar-refractivity contribution >= 4 is 11.6 Å². The Hall–Kier alpha value is -2.78. The second-order valence-corrected chi connectivity index (χ2v) is 6.40. The summed E-state index contributed by atoms with van der Waals surface area (Å²) >= 11 is 0. The van der Waals surface area contributed by atoms with Gasteiger partial charge in [0.15, 0.2) is 5.82 Å². The average Bonchev–Trinajstić information content (AvgIpc) is 3.14. The predicted octanol–water partition coefficient (Wildman–Crippen LogP) is 2.05. The van der Waals surface area contributed by atoms with E-state index >= 15 is 0 Å². The third-order valence-corrected chi connectivity index (χ3v) is 3.97. The van der Waals surface area contributed by atoms with Crippen LogP contribution in [-0.4, -0.2) is 37.3 Å². The number of nitro groups is 1. The third-order valence-electron chi connectivity index (χ3n) is 3.97. The van der Waals surface area contributed by atoms with Crippen molar-refractivity contribution in [2.24, 2.45) is 0 Å². The van der Waals surface area contributed by atoms with E-state index in [2.05, 4.69) is 20.6 Å². The summed E-state index contributed by atoms with van der Waals surface area (Å²) in [5, 5.41) is 21.8. The van der Waals surface area contributed by atoms with E-state index in [0.29, 0.717) is 49.0 Å². The summed E-state index contributed by atoms with van der Waals surface area (Å²) < 4.78 is 6.64. The molecule has 10 nitrogen and oxygen atoms in total. The fourth-order valence-electron chi connectivity index (χ4n) is 2.54. The molecule has 142 valence electrons. The molecule has 1 N–H and O–H groups in total. The van der Waals surface area contributed by atoms with Crippen LogP contribution in [0.2, 0.25) is 0 Å². The smallest absolute Gasteiger partial charge is 0.312 e. The monoisotopic (exact) mass is 364 g/mol. The highest BCUT2D eigenvalue weighted by Gasteiger charge is 2.21. The molecule has 0 fully saturated rings. The second-order valence-electron chi connectivity index (χ2n) is 6.40. The lowest BCUT2D eigenvalue weighted by Crippen LogP contribution is -2.26. The van der Waals surface area contributed by atoms with Gasteiger partial charge in [0.2, 0.25) is 11.8 Å². The van der Waals surface area contributed by atoms with E-state index in [9.17, 15) is 14.9 Å². The minimum atomic E-state index is -0.448. The number of carbonyl (C=O) groups is 1. The first-order valence-corrected chi connectivity index (χ1v) is 8.57. The number of amides is 1. The fourth-order valence-corrected chi connectivity index (χ4v) is 2.54. The van der Waals surface area contributed by atoms with E-state index in [-0.39, 0.29) is 23.9 Å². The number of hydrogen-bond donors (Lipinski definition) is 1. The summed E-state index contributed by atoms with van der Waals surface area (Å²) in [6.07, 6.45) is 1.50. The minimum Gasteiger partial charge on any atom is -0.356 e. The van der Waals surface area contributed by atoms with E-state index < -0.39 is 4.92 Å². The molecule has 26 heavy (non-hydrogen) atoms. The summed E-state index contributed by atoms with van der Waals surface area (Å²) in [5.74, 6) is 1.34. The molecule has 0 atom stereocenters. The Morgan fingerprint density at radius 2 is 2.12 bits per heavy atom. The largest absolute Gasteiger partial charge is 0.356 e. The summed E-state index contributed by atoms with van der Waals surface area (Å²) in [5.41, 5.74) is 0.816. The normalized spacial score (nSPS) is 11.1. The Labute approximate surface area is 151 Å². The van der Waals surface area contributed by atoms with Crippen molar-refractivity contribution in [1.29, 1.82) is 0 Å². The topological polar surface area (TPSA) is 129 Å². The zero-order valence-electron chi connectivity index (χ0n) is 15.5. The Kier molecular flexibility index (Phi) is 6.42. The maximum atomic E-state index is 11.9. The molecular formula is C16H24N6O4. The number of rotatable bonds is 9. The molecule has 10 heteroatoms. The zero-order valence-corrected chi connectivity index (χ0v) is 15.5. The van der Waals surface area contributed by atoms with Gasteiger partial charge in [-0.1, -0.05) is 19.0 Å². The highest BCUT2D eigenvalue weighted by atomic mass is 16.6. The molecule has 0 bridgehead atoms. The maximum absolute atomic E-state index is 11.9. The van der Waals surface area contributed by atoms with Gasteiger partial charge in [-0.2, -0.15) is 10.1 Å². The third kappa shape index (κ3) is 4.87. The molecule has 1 amide bonds. The van der Waals surface area contributed by atoms with Crippen molar-refractivity contribution < 1.29 is 14.2 Å². The van der Waals surface area contributed by atoms with Gasteiger partial charge in [0, 0.05) is 25.3 Å². The Balaban J connectivity index is 1.72. The van der Waals surface area contributed by atoms with E-state index in [1.807, 2.05) is 13.8 Å². The highest BCUT2D eigenvalue weighted by Crippen LogP contribution is 2.21. The van der Waals surface area contributed by atoms with Crippen molar-refractivity contribution in [1.82, 2.24) is 25.2 Å². The highest BCUT2D eigenvalue weighted by molar-refractivity contribution is 5.75. The van der Waals surface area contributed by atoms with Crippen LogP contribution in [0.4, 0.5) is 5.69 Å². The Morgan fingerprint density at radius 3 is 2.69 bits per heavy atom. The molecule has 0 unspecified atom stereocenters. The van der Waals surface area contributed by atoms with Gasteiger partial charge >= 0.3 is 5.69 Å². The Bertz CT molecular complexity index is 780. The van der Waals surface area contributed by atoms with Crippen molar-refractivity contribution in [3.8, 4) is 0 Å². The van der Waals surface area contributed by atoms with Crippen LogP contribution in [0.15, 0.2) is 4.52 Å². The van der Waals surface area contributed by atoms with Crippen LogP contribution in [0, 0.1) is 24.0 Å². The molecule has 2 rings (SSSR count). The lowest BCUT2D eigenvalue weighted by Gasteiger charge is -2.05. The van der Waals surface area contributed by atoms with Crippen LogP contribution >= 0.6 is 0 Å². The van der Waals surface area contributed by atoms with Gasteiger partial charge in [-0.15, -0.1) is 0 Å². The summed E-state index contributed by atoms with van der Waals surface area (Å²) in [7, 11) is 0. The van der Waals surface area contributed by atoms with Gasteiger partial charge in [0.1, 0.15) is 11.4 Å². The van der Waals surface area contributed by atoms with Crippen LogP contribution < -0.4 is 5.32 Å². The number of nitrogens with one attached hydrogen (secondary N) is 1. The van der Waals surface area contributed by atoms with Crippen LogP contribution in [0.1, 0.15) is 55.7 Å². The summed E-state index contributed by atoms with van der Waals surface area (Å²) in [6, 6.07) is 0. The lowest BCUT2D eigenvalue weighted by atomic mass is 10.2. The standard InChI is InChI=1S/C16H24N6O4/c1-10(2)16-18-14(26-20-16)6-5-8-17-13(23)7-9-21-12(4)15(22(24)25)11(3)19-21/h10H,5-9H2,1-4H3,(H,17,23). The van der Waals surface area contributed by atoms with Crippen molar-refractivity contribution in [3.63, 3.8) is 0 Å². The first kappa shape index (κ1) is 19.5. The number of nitrogens with zero attached hydrogens (tertiary/aromatic N) is 5. The SMILES string of the molecule is Cc1nn(CCC(=O)NCCCc2nc(C(C)C)no2)c(C)c1[N+](=O)[O-]. The molecular weight excluding hydrogens is 340 g/mol. The zero-order chi connectivity index (χ0) is 19.3. The van der Waals surface area contributed by atoms with Crippen LogP contribution in [0.25, 0.3) is 0 Å². The number of hydrogen-bond acceptors (Lipinski definition) is 7. The first-order chi connectivity index (χ1) is 12.3. The van der Waals surface area contributed by atoms with E-state index in [1.54, 1.807) is 13.8 Å². The minimum absolute atomic E-state index is 0.00531. The van der Waals surface area contributed by atoms with E-state index in [4.69, 9.17) is 4.52 Å². The molecule has 0 saturated carbocycles.